The fraction of sp³-hybridized carbons (Fsp3) is 0.429. The van der Waals surface area contributed by atoms with E-state index in [4.69, 9.17) is 0 Å². The van der Waals surface area contributed by atoms with E-state index in [1.807, 2.05) is 6.08 Å². The molecule has 0 saturated heterocycles. The highest BCUT2D eigenvalue weighted by atomic mass is 19.1. The molecule has 27 heavy (non-hydrogen) atoms. The van der Waals surface area contributed by atoms with Gasteiger partial charge in [0.2, 0.25) is 0 Å². The summed E-state index contributed by atoms with van der Waals surface area (Å²) in [6.07, 6.45) is 9.02. The van der Waals surface area contributed by atoms with Crippen LogP contribution in [0.25, 0.3) is 11.8 Å². The normalized spacial score (nSPS) is 26.9. The Kier molecular flexibility index (Phi) is 3.72. The van der Waals surface area contributed by atoms with E-state index in [-0.39, 0.29) is 11.9 Å². The topological polar surface area (TPSA) is 67.1 Å². The molecule has 0 amide bonds. The van der Waals surface area contributed by atoms with E-state index in [1.54, 1.807) is 23.0 Å². The molecule has 140 valence electrons. The van der Waals surface area contributed by atoms with E-state index < -0.39 is 11.4 Å². The summed E-state index contributed by atoms with van der Waals surface area (Å²) < 4.78 is 15.0. The second-order valence-electron chi connectivity index (χ2n) is 8.06. The van der Waals surface area contributed by atoms with E-state index in [2.05, 4.69) is 10.4 Å². The first-order chi connectivity index (χ1) is 13.0. The number of hydrogen-bond acceptors (Lipinski definition) is 3. The molecule has 0 spiro atoms. The number of halogens is 1. The zero-order valence-corrected chi connectivity index (χ0v) is 15.0. The van der Waals surface area contributed by atoms with Crippen LogP contribution in [0.5, 0.6) is 0 Å². The molecule has 1 aromatic heterocycles. The lowest BCUT2D eigenvalue weighted by molar-refractivity contribution is -0.148. The van der Waals surface area contributed by atoms with Crippen molar-refractivity contribution in [3.63, 3.8) is 0 Å². The average molecular weight is 367 g/mol. The third-order valence-electron chi connectivity index (χ3n) is 6.19. The van der Waals surface area contributed by atoms with Crippen LogP contribution in [0.2, 0.25) is 0 Å². The monoisotopic (exact) mass is 367 g/mol. The zero-order chi connectivity index (χ0) is 18.6. The molecule has 3 aliphatic rings. The third-order valence-corrected chi connectivity index (χ3v) is 6.19. The summed E-state index contributed by atoms with van der Waals surface area (Å²) in [5.41, 5.74) is 2.79. The molecule has 3 aliphatic carbocycles. The minimum atomic E-state index is -0.839. The van der Waals surface area contributed by atoms with Crippen LogP contribution in [0.1, 0.15) is 43.4 Å². The lowest BCUT2D eigenvalue weighted by Gasteiger charge is -2.42. The Morgan fingerprint density at radius 1 is 1.22 bits per heavy atom. The number of carboxylic acid groups (broad SMARTS) is 1. The van der Waals surface area contributed by atoms with Gasteiger partial charge in [-0.1, -0.05) is 5.57 Å². The number of carboxylic acids is 1. The number of hydrogen-bond donors (Lipinski definition) is 2. The van der Waals surface area contributed by atoms with Crippen molar-refractivity contribution >= 4 is 12.0 Å². The molecule has 0 radical (unpaired) electrons. The molecule has 5 rings (SSSR count). The minimum Gasteiger partial charge on any atom is -0.481 e. The number of carbonyl (C=O) groups is 1. The molecule has 0 bridgehead atoms. The van der Waals surface area contributed by atoms with Crippen molar-refractivity contribution in [3.8, 4) is 5.69 Å². The lowest BCUT2D eigenvalue weighted by atomic mass is 9.63. The van der Waals surface area contributed by atoms with Gasteiger partial charge in [0.15, 0.2) is 0 Å². The van der Waals surface area contributed by atoms with E-state index >= 15 is 0 Å². The standard InChI is InChI=1S/C21H22FN3O2/c22-15-2-7-18(8-3-15)25-19-9-14-1-4-17(24-16-5-6-16)11-21(14,20(26)27)10-13(19)12-23-25/h2-3,7-9,12,16-17,24H,1,4-6,10-11H2,(H,26,27)/t17-,21-/m0/s1. The maximum Gasteiger partial charge on any atom is 0.314 e. The third kappa shape index (κ3) is 2.79. The number of nitrogens with one attached hydrogen (secondary N) is 1. The number of aromatic nitrogens is 2. The molecule has 2 aromatic rings. The predicted molar refractivity (Wildman–Crippen MR) is 99.1 cm³/mol. The Balaban J connectivity index is 1.51. The minimum absolute atomic E-state index is 0.263. The number of benzene rings is 1. The Hall–Kier alpha value is -2.47. The number of rotatable bonds is 4. The summed E-state index contributed by atoms with van der Waals surface area (Å²) in [6.45, 7) is 0. The van der Waals surface area contributed by atoms with Crippen LogP contribution in [0.15, 0.2) is 36.0 Å². The van der Waals surface area contributed by atoms with Gasteiger partial charge < -0.3 is 10.4 Å². The van der Waals surface area contributed by atoms with Gasteiger partial charge in [-0.15, -0.1) is 0 Å². The molecule has 2 saturated carbocycles. The molecule has 1 heterocycles. The smallest absolute Gasteiger partial charge is 0.314 e. The maximum absolute atomic E-state index is 13.2. The van der Waals surface area contributed by atoms with Crippen LogP contribution in [-0.2, 0) is 11.2 Å². The molecule has 2 N–H and O–H groups in total. The molecule has 2 atom stereocenters. The Morgan fingerprint density at radius 3 is 2.70 bits per heavy atom. The van der Waals surface area contributed by atoms with Gasteiger partial charge in [-0.05, 0) is 74.4 Å². The Labute approximate surface area is 156 Å². The van der Waals surface area contributed by atoms with Crippen LogP contribution in [0.3, 0.4) is 0 Å². The summed E-state index contributed by atoms with van der Waals surface area (Å²) in [5, 5.41) is 18.2. The van der Waals surface area contributed by atoms with Crippen LogP contribution in [-0.4, -0.2) is 32.9 Å². The van der Waals surface area contributed by atoms with Crippen LogP contribution < -0.4 is 5.32 Å². The molecule has 0 aliphatic heterocycles. The molecule has 2 fully saturated rings. The highest BCUT2D eigenvalue weighted by molar-refractivity contribution is 5.83. The quantitative estimate of drug-likeness (QED) is 0.870. The van der Waals surface area contributed by atoms with Crippen molar-refractivity contribution in [1.82, 2.24) is 15.1 Å². The molecule has 1 aromatic carbocycles. The van der Waals surface area contributed by atoms with Gasteiger partial charge in [0.1, 0.15) is 5.82 Å². The molecular weight excluding hydrogens is 345 g/mol. The fourth-order valence-electron chi connectivity index (χ4n) is 4.60. The van der Waals surface area contributed by atoms with E-state index in [0.717, 1.165) is 35.4 Å². The summed E-state index contributed by atoms with van der Waals surface area (Å²) in [6, 6.07) is 7.05. The summed E-state index contributed by atoms with van der Waals surface area (Å²) in [4.78, 5) is 12.3. The van der Waals surface area contributed by atoms with Crippen molar-refractivity contribution in [2.24, 2.45) is 5.41 Å². The van der Waals surface area contributed by atoms with Crippen LogP contribution in [0, 0.1) is 11.2 Å². The van der Waals surface area contributed by atoms with Gasteiger partial charge in [0, 0.05) is 12.1 Å². The molecule has 6 heteroatoms. The second kappa shape index (κ2) is 6.02. The van der Waals surface area contributed by atoms with Gasteiger partial charge in [-0.2, -0.15) is 5.10 Å². The van der Waals surface area contributed by atoms with Gasteiger partial charge in [-0.3, -0.25) is 4.79 Å². The van der Waals surface area contributed by atoms with E-state index in [1.165, 1.54) is 25.0 Å². The Morgan fingerprint density at radius 2 is 2.00 bits per heavy atom. The largest absolute Gasteiger partial charge is 0.481 e. The van der Waals surface area contributed by atoms with Gasteiger partial charge >= 0.3 is 5.97 Å². The maximum atomic E-state index is 13.2. The Bertz CT molecular complexity index is 929. The first kappa shape index (κ1) is 16.7. The number of nitrogens with zero attached hydrogens (tertiary/aromatic N) is 2. The highest BCUT2D eigenvalue weighted by Gasteiger charge is 2.49. The number of fused-ring (bicyclic) bond motifs is 2. The summed E-state index contributed by atoms with van der Waals surface area (Å²) in [5.74, 6) is -1.03. The van der Waals surface area contributed by atoms with Crippen molar-refractivity contribution in [2.45, 2.75) is 50.6 Å². The SMILES string of the molecule is O=C(O)[C@]12Cc3cnn(-c4ccc(F)cc4)c3C=C1CC[C@H](NC1CC1)C2. The first-order valence-electron chi connectivity index (χ1n) is 9.58. The van der Waals surface area contributed by atoms with Crippen molar-refractivity contribution in [3.05, 3.63) is 53.1 Å². The summed E-state index contributed by atoms with van der Waals surface area (Å²) >= 11 is 0. The highest BCUT2D eigenvalue weighted by Crippen LogP contribution is 2.48. The molecule has 0 unspecified atom stereocenters. The van der Waals surface area contributed by atoms with Crippen molar-refractivity contribution in [1.29, 1.82) is 0 Å². The van der Waals surface area contributed by atoms with Crippen LogP contribution >= 0.6 is 0 Å². The average Bonchev–Trinajstić information content (AvgIpc) is 3.38. The van der Waals surface area contributed by atoms with Crippen LogP contribution in [0.4, 0.5) is 4.39 Å². The van der Waals surface area contributed by atoms with E-state index in [9.17, 15) is 14.3 Å². The number of aliphatic carboxylic acids is 1. The lowest BCUT2D eigenvalue weighted by Crippen LogP contribution is -2.48. The van der Waals surface area contributed by atoms with Gasteiger partial charge in [0.25, 0.3) is 0 Å². The second-order valence-corrected chi connectivity index (χ2v) is 8.06. The predicted octanol–water partition coefficient (Wildman–Crippen LogP) is 3.33. The van der Waals surface area contributed by atoms with Crippen molar-refractivity contribution in [2.75, 3.05) is 0 Å². The first-order valence-corrected chi connectivity index (χ1v) is 9.58. The van der Waals surface area contributed by atoms with Crippen molar-refractivity contribution < 1.29 is 14.3 Å². The van der Waals surface area contributed by atoms with Gasteiger partial charge in [0.05, 0.1) is 23.0 Å². The summed E-state index contributed by atoms with van der Waals surface area (Å²) in [7, 11) is 0. The fourth-order valence-corrected chi connectivity index (χ4v) is 4.60. The van der Waals surface area contributed by atoms with Gasteiger partial charge in [-0.25, -0.2) is 9.07 Å². The van der Waals surface area contributed by atoms with E-state index in [0.29, 0.717) is 18.9 Å². The zero-order valence-electron chi connectivity index (χ0n) is 15.0. The molecule has 5 nitrogen and oxygen atoms in total. The molecular formula is C21H22FN3O2.